The van der Waals surface area contributed by atoms with Crippen molar-refractivity contribution in [1.82, 2.24) is 0 Å². The van der Waals surface area contributed by atoms with Crippen molar-refractivity contribution in [2.45, 2.75) is 13.8 Å². The van der Waals surface area contributed by atoms with Gasteiger partial charge in [-0.3, -0.25) is 0 Å². The second-order valence-electron chi connectivity index (χ2n) is 7.94. The van der Waals surface area contributed by atoms with Crippen LogP contribution in [0.3, 0.4) is 0 Å². The first-order chi connectivity index (χ1) is 16.2. The van der Waals surface area contributed by atoms with Gasteiger partial charge in [-0.05, 0) is 84.6 Å². The van der Waals surface area contributed by atoms with Gasteiger partial charge in [-0.2, -0.15) is 0 Å². The Morgan fingerprint density at radius 3 is 1.36 bits per heavy atom. The van der Waals surface area contributed by atoms with Crippen LogP contribution in [0.15, 0.2) is 84.9 Å². The van der Waals surface area contributed by atoms with Gasteiger partial charge in [-0.15, -0.1) is 0 Å². The lowest BCUT2D eigenvalue weighted by Crippen LogP contribution is -2.15. The van der Waals surface area contributed by atoms with E-state index < -0.39 is 0 Å². The molecule has 0 fully saturated rings. The number of ether oxygens (including phenoxy) is 3. The number of hydrogen-bond acceptors (Lipinski definition) is 4. The molecule has 0 spiro atoms. The summed E-state index contributed by atoms with van der Waals surface area (Å²) in [5, 5.41) is 0. The van der Waals surface area contributed by atoms with Crippen LogP contribution < -0.4 is 19.1 Å². The highest BCUT2D eigenvalue weighted by molar-refractivity contribution is 5.83. The molecule has 0 aliphatic carbocycles. The predicted octanol–water partition coefficient (Wildman–Crippen LogP) is 7.69. The number of rotatable bonds is 6. The molecule has 0 bridgehead atoms. The van der Waals surface area contributed by atoms with E-state index in [0.717, 1.165) is 56.6 Å². The molecule has 0 saturated carbocycles. The highest BCUT2D eigenvalue weighted by Crippen LogP contribution is 2.48. The maximum absolute atomic E-state index is 6.41. The van der Waals surface area contributed by atoms with Gasteiger partial charge < -0.3 is 19.1 Å². The predicted molar refractivity (Wildman–Crippen MR) is 134 cm³/mol. The third kappa shape index (κ3) is 4.12. The molecule has 166 valence electrons. The van der Waals surface area contributed by atoms with E-state index in [4.69, 9.17) is 14.2 Å². The van der Waals surface area contributed by atoms with E-state index in [2.05, 4.69) is 72.6 Å². The van der Waals surface area contributed by atoms with Gasteiger partial charge in [0.2, 0.25) is 0 Å². The molecule has 4 aromatic carbocycles. The van der Waals surface area contributed by atoms with Crippen LogP contribution >= 0.6 is 0 Å². The average Bonchev–Trinajstić information content (AvgIpc) is 2.85. The SMILES string of the molecule is CCOc1ccc(-c2ccc3c(c2)Oc2cc(-c4ccc(OCC)cc4)ccc2N3C)cc1. The summed E-state index contributed by atoms with van der Waals surface area (Å²) in [6, 6.07) is 29.0. The Kier molecular flexibility index (Phi) is 5.66. The molecular weight excluding hydrogens is 410 g/mol. The van der Waals surface area contributed by atoms with Crippen molar-refractivity contribution in [2.24, 2.45) is 0 Å². The summed E-state index contributed by atoms with van der Waals surface area (Å²) in [6.45, 7) is 5.31. The maximum Gasteiger partial charge on any atom is 0.151 e. The molecule has 5 rings (SSSR count). The standard InChI is InChI=1S/C29H27NO3/c1-4-31-24-12-6-20(7-13-24)22-10-16-26-28(18-22)33-29-19-23(11-17-27(29)30(26)3)21-8-14-25(15-9-21)32-5-2/h6-19H,4-5H2,1-3H3. The molecule has 1 aliphatic heterocycles. The lowest BCUT2D eigenvalue weighted by atomic mass is 10.0. The third-order valence-electron chi connectivity index (χ3n) is 5.86. The Labute approximate surface area is 195 Å². The first-order valence-corrected chi connectivity index (χ1v) is 11.3. The maximum atomic E-state index is 6.41. The fourth-order valence-electron chi connectivity index (χ4n) is 4.17. The van der Waals surface area contributed by atoms with Gasteiger partial charge in [-0.25, -0.2) is 0 Å². The van der Waals surface area contributed by atoms with E-state index >= 15 is 0 Å². The first-order valence-electron chi connectivity index (χ1n) is 11.3. The van der Waals surface area contributed by atoms with Crippen LogP contribution in [-0.2, 0) is 0 Å². The Morgan fingerprint density at radius 2 is 0.970 bits per heavy atom. The molecule has 0 saturated heterocycles. The molecule has 4 nitrogen and oxygen atoms in total. The Morgan fingerprint density at radius 1 is 0.576 bits per heavy atom. The van der Waals surface area contributed by atoms with Crippen molar-refractivity contribution in [3.63, 3.8) is 0 Å². The molecule has 0 amide bonds. The minimum Gasteiger partial charge on any atom is -0.494 e. The van der Waals surface area contributed by atoms with Crippen molar-refractivity contribution >= 4 is 11.4 Å². The second-order valence-corrected chi connectivity index (χ2v) is 7.94. The molecule has 0 atom stereocenters. The van der Waals surface area contributed by atoms with Gasteiger partial charge in [0.1, 0.15) is 11.5 Å². The number of hydrogen-bond donors (Lipinski definition) is 0. The summed E-state index contributed by atoms with van der Waals surface area (Å²) in [5.41, 5.74) is 6.56. The fourth-order valence-corrected chi connectivity index (χ4v) is 4.17. The Hall–Kier alpha value is -3.92. The average molecular weight is 438 g/mol. The quantitative estimate of drug-likeness (QED) is 0.309. The molecule has 4 aromatic rings. The van der Waals surface area contributed by atoms with E-state index in [1.807, 2.05) is 38.1 Å². The van der Waals surface area contributed by atoms with Crippen LogP contribution in [0.4, 0.5) is 11.4 Å². The van der Waals surface area contributed by atoms with Crippen LogP contribution in [-0.4, -0.2) is 20.3 Å². The molecule has 4 heteroatoms. The highest BCUT2D eigenvalue weighted by atomic mass is 16.5. The van der Waals surface area contributed by atoms with Crippen molar-refractivity contribution in [3.8, 4) is 45.3 Å². The molecule has 1 heterocycles. The summed E-state index contributed by atoms with van der Waals surface area (Å²) in [7, 11) is 2.08. The monoisotopic (exact) mass is 437 g/mol. The second kappa shape index (κ2) is 8.91. The van der Waals surface area contributed by atoms with Gasteiger partial charge >= 0.3 is 0 Å². The van der Waals surface area contributed by atoms with Gasteiger partial charge in [0.05, 0.1) is 24.6 Å². The highest BCUT2D eigenvalue weighted by Gasteiger charge is 2.22. The van der Waals surface area contributed by atoms with Crippen molar-refractivity contribution in [2.75, 3.05) is 25.2 Å². The zero-order valence-electron chi connectivity index (χ0n) is 19.2. The summed E-state index contributed by atoms with van der Waals surface area (Å²) in [5.74, 6) is 3.46. The minimum atomic E-state index is 0.663. The smallest absolute Gasteiger partial charge is 0.151 e. The zero-order chi connectivity index (χ0) is 22.8. The minimum absolute atomic E-state index is 0.663. The molecular formula is C29H27NO3. The number of fused-ring (bicyclic) bond motifs is 2. The topological polar surface area (TPSA) is 30.9 Å². The molecule has 0 unspecified atom stereocenters. The molecule has 0 aromatic heterocycles. The van der Waals surface area contributed by atoms with Crippen LogP contribution in [0.2, 0.25) is 0 Å². The lowest BCUT2D eigenvalue weighted by Gasteiger charge is -2.30. The summed E-state index contributed by atoms with van der Waals surface area (Å²) < 4.78 is 17.5. The first kappa shape index (κ1) is 21.0. The van der Waals surface area contributed by atoms with Crippen molar-refractivity contribution < 1.29 is 14.2 Å². The van der Waals surface area contributed by atoms with Gasteiger partial charge in [0.15, 0.2) is 11.5 Å². The normalized spacial score (nSPS) is 11.9. The molecule has 33 heavy (non-hydrogen) atoms. The molecule has 0 N–H and O–H groups in total. The van der Waals surface area contributed by atoms with Crippen molar-refractivity contribution in [1.29, 1.82) is 0 Å². The van der Waals surface area contributed by atoms with Crippen molar-refractivity contribution in [3.05, 3.63) is 84.9 Å². The van der Waals surface area contributed by atoms with Crippen LogP contribution in [0.1, 0.15) is 13.8 Å². The summed E-state index contributed by atoms with van der Waals surface area (Å²) >= 11 is 0. The van der Waals surface area contributed by atoms with E-state index in [0.29, 0.717) is 13.2 Å². The number of nitrogens with zero attached hydrogens (tertiary/aromatic N) is 1. The number of benzene rings is 4. The third-order valence-corrected chi connectivity index (χ3v) is 5.86. The Bertz CT molecular complexity index is 1160. The van der Waals surface area contributed by atoms with Crippen LogP contribution in [0.5, 0.6) is 23.0 Å². The van der Waals surface area contributed by atoms with Crippen LogP contribution in [0.25, 0.3) is 22.3 Å². The van der Waals surface area contributed by atoms with E-state index in [9.17, 15) is 0 Å². The van der Waals surface area contributed by atoms with Gasteiger partial charge in [0.25, 0.3) is 0 Å². The summed E-state index contributed by atoms with van der Waals surface area (Å²) in [6.07, 6.45) is 0. The fraction of sp³-hybridized carbons (Fsp3) is 0.172. The van der Waals surface area contributed by atoms with Gasteiger partial charge in [0, 0.05) is 7.05 Å². The largest absolute Gasteiger partial charge is 0.494 e. The lowest BCUT2D eigenvalue weighted by molar-refractivity contribution is 0.340. The van der Waals surface area contributed by atoms with Crippen LogP contribution in [0, 0.1) is 0 Å². The molecule has 1 aliphatic rings. The summed E-state index contributed by atoms with van der Waals surface area (Å²) in [4.78, 5) is 2.18. The zero-order valence-corrected chi connectivity index (χ0v) is 19.2. The van der Waals surface area contributed by atoms with E-state index in [1.54, 1.807) is 0 Å². The van der Waals surface area contributed by atoms with Gasteiger partial charge in [-0.1, -0.05) is 36.4 Å². The Balaban J connectivity index is 1.44. The van der Waals surface area contributed by atoms with E-state index in [1.165, 1.54) is 0 Å². The van der Waals surface area contributed by atoms with E-state index in [-0.39, 0.29) is 0 Å². The number of anilines is 2. The molecule has 0 radical (unpaired) electrons.